The van der Waals surface area contributed by atoms with Gasteiger partial charge in [0, 0.05) is 0 Å². The molecule has 0 aliphatic heterocycles. The van der Waals surface area contributed by atoms with Crippen molar-refractivity contribution >= 4 is 11.9 Å². The number of carbonyl (C=O) groups is 2. The second kappa shape index (κ2) is 14.2. The smallest absolute Gasteiger partial charge is 0.338 e. The van der Waals surface area contributed by atoms with Crippen molar-refractivity contribution in [1.29, 1.82) is 0 Å². The van der Waals surface area contributed by atoms with Crippen LogP contribution < -0.4 is 0 Å². The molecule has 1 unspecified atom stereocenters. The van der Waals surface area contributed by atoms with Crippen LogP contribution in [0.3, 0.4) is 0 Å². The Bertz CT molecular complexity index is 562. The van der Waals surface area contributed by atoms with Gasteiger partial charge in [-0.3, -0.25) is 0 Å². The molecule has 0 amide bonds. The summed E-state index contributed by atoms with van der Waals surface area (Å²) in [7, 11) is 0. The molecule has 0 spiro atoms. The fourth-order valence-electron chi connectivity index (χ4n) is 3.12. The van der Waals surface area contributed by atoms with Gasteiger partial charge in [-0.15, -0.1) is 0 Å². The second-order valence-corrected chi connectivity index (χ2v) is 7.78. The van der Waals surface area contributed by atoms with Gasteiger partial charge in [0.2, 0.25) is 0 Å². The van der Waals surface area contributed by atoms with Crippen LogP contribution in [0.4, 0.5) is 0 Å². The first-order chi connectivity index (χ1) is 13.5. The fraction of sp³-hybridized carbons (Fsp3) is 0.667. The number of unbranched alkanes of at least 4 members (excludes halogenated alkanes) is 7. The molecule has 1 aromatic carbocycles. The Hall–Kier alpha value is -1.84. The molecule has 28 heavy (non-hydrogen) atoms. The Morgan fingerprint density at radius 3 is 1.79 bits per heavy atom. The zero-order valence-corrected chi connectivity index (χ0v) is 18.2. The van der Waals surface area contributed by atoms with Crippen molar-refractivity contribution in [2.45, 2.75) is 91.6 Å². The molecule has 0 saturated carbocycles. The van der Waals surface area contributed by atoms with E-state index in [0.29, 0.717) is 17.7 Å². The fourth-order valence-corrected chi connectivity index (χ4v) is 3.12. The quantitative estimate of drug-likeness (QED) is 0.266. The van der Waals surface area contributed by atoms with Gasteiger partial charge in [-0.1, -0.05) is 72.6 Å². The molecule has 0 fully saturated rings. The van der Waals surface area contributed by atoms with Crippen molar-refractivity contribution in [1.82, 2.24) is 0 Å². The van der Waals surface area contributed by atoms with E-state index in [1.54, 1.807) is 24.3 Å². The van der Waals surface area contributed by atoms with Crippen LogP contribution in [0, 0.1) is 5.92 Å². The first-order valence-electron chi connectivity index (χ1n) is 11.0. The minimum Gasteiger partial charge on any atom is -0.462 e. The summed E-state index contributed by atoms with van der Waals surface area (Å²) in [5, 5.41) is 0. The molecule has 1 atom stereocenters. The molecule has 0 bridgehead atoms. The minimum absolute atomic E-state index is 0.0937. The van der Waals surface area contributed by atoms with Crippen LogP contribution in [-0.4, -0.2) is 24.6 Å². The van der Waals surface area contributed by atoms with Gasteiger partial charge in [0.05, 0.1) is 17.7 Å². The maximum atomic E-state index is 12.2. The van der Waals surface area contributed by atoms with Gasteiger partial charge in [0.15, 0.2) is 0 Å². The van der Waals surface area contributed by atoms with Crippen molar-refractivity contribution in [2.24, 2.45) is 5.92 Å². The summed E-state index contributed by atoms with van der Waals surface area (Å²) in [5.74, 6) is -0.407. The second-order valence-electron chi connectivity index (χ2n) is 7.78. The lowest BCUT2D eigenvalue weighted by atomic mass is 10.0. The largest absolute Gasteiger partial charge is 0.462 e. The van der Waals surface area contributed by atoms with Crippen LogP contribution in [0.15, 0.2) is 24.3 Å². The molecule has 0 saturated heterocycles. The van der Waals surface area contributed by atoms with Crippen LogP contribution in [0.1, 0.15) is 106 Å². The van der Waals surface area contributed by atoms with Crippen LogP contribution in [0.2, 0.25) is 0 Å². The highest BCUT2D eigenvalue weighted by atomic mass is 16.5. The van der Waals surface area contributed by atoms with Crippen molar-refractivity contribution in [3.05, 3.63) is 35.4 Å². The zero-order valence-electron chi connectivity index (χ0n) is 18.2. The topological polar surface area (TPSA) is 52.6 Å². The normalized spacial score (nSPS) is 12.0. The molecule has 0 aromatic heterocycles. The van der Waals surface area contributed by atoms with Gasteiger partial charge in [-0.05, 0) is 43.0 Å². The monoisotopic (exact) mass is 390 g/mol. The zero-order chi connectivity index (χ0) is 20.8. The predicted octanol–water partition coefficient (Wildman–Crippen LogP) is 6.58. The van der Waals surface area contributed by atoms with E-state index in [2.05, 4.69) is 6.92 Å². The first kappa shape index (κ1) is 24.2. The SMILES string of the molecule is CCCCCCCCCCOC(=O)c1ccc(C(=O)OC(CC)C(C)C)cc1. The number of ether oxygens (including phenoxy) is 2. The molecule has 0 heterocycles. The summed E-state index contributed by atoms with van der Waals surface area (Å²) in [6.45, 7) is 8.75. The summed E-state index contributed by atoms with van der Waals surface area (Å²) in [4.78, 5) is 24.3. The standard InChI is InChI=1S/C24H38O4/c1-5-7-8-9-10-11-12-13-18-27-23(25)20-14-16-21(17-15-20)24(26)28-22(6-2)19(3)4/h14-17,19,22H,5-13,18H2,1-4H3. The van der Waals surface area contributed by atoms with E-state index in [9.17, 15) is 9.59 Å². The highest BCUT2D eigenvalue weighted by Crippen LogP contribution is 2.15. The van der Waals surface area contributed by atoms with Crippen molar-refractivity contribution < 1.29 is 19.1 Å². The van der Waals surface area contributed by atoms with Gasteiger partial charge in [0.1, 0.15) is 6.10 Å². The summed E-state index contributed by atoms with van der Waals surface area (Å²) in [5.41, 5.74) is 0.922. The Kier molecular flexibility index (Phi) is 12.3. The van der Waals surface area contributed by atoms with E-state index >= 15 is 0 Å². The highest BCUT2D eigenvalue weighted by Gasteiger charge is 2.18. The number of benzene rings is 1. The molecule has 4 nitrogen and oxygen atoms in total. The third-order valence-corrected chi connectivity index (χ3v) is 4.99. The average Bonchev–Trinajstić information content (AvgIpc) is 2.70. The summed E-state index contributed by atoms with van der Waals surface area (Å²) < 4.78 is 10.9. The van der Waals surface area contributed by atoms with Crippen LogP contribution in [-0.2, 0) is 9.47 Å². The van der Waals surface area contributed by atoms with E-state index in [4.69, 9.17) is 9.47 Å². The third kappa shape index (κ3) is 9.38. The van der Waals surface area contributed by atoms with E-state index < -0.39 is 0 Å². The Morgan fingerprint density at radius 2 is 1.29 bits per heavy atom. The molecule has 1 rings (SSSR count). The lowest BCUT2D eigenvalue weighted by Crippen LogP contribution is -2.22. The van der Waals surface area contributed by atoms with E-state index in [0.717, 1.165) is 19.3 Å². The molecule has 0 aliphatic carbocycles. The number of esters is 2. The van der Waals surface area contributed by atoms with Crippen molar-refractivity contribution in [3.8, 4) is 0 Å². The first-order valence-corrected chi connectivity index (χ1v) is 11.0. The Morgan fingerprint density at radius 1 is 0.786 bits per heavy atom. The van der Waals surface area contributed by atoms with Gasteiger partial charge >= 0.3 is 11.9 Å². The predicted molar refractivity (Wildman–Crippen MR) is 114 cm³/mol. The summed E-state index contributed by atoms with van der Waals surface area (Å²) >= 11 is 0. The molecule has 0 radical (unpaired) electrons. The number of hydrogen-bond acceptors (Lipinski definition) is 4. The Labute approximate surface area is 171 Å². The molecule has 158 valence electrons. The number of carbonyl (C=O) groups excluding carboxylic acids is 2. The Balaban J connectivity index is 2.30. The van der Waals surface area contributed by atoms with Gasteiger partial charge in [-0.25, -0.2) is 9.59 Å². The van der Waals surface area contributed by atoms with Crippen LogP contribution >= 0.6 is 0 Å². The van der Waals surface area contributed by atoms with E-state index in [1.165, 1.54) is 38.5 Å². The maximum absolute atomic E-state index is 12.2. The van der Waals surface area contributed by atoms with Gasteiger partial charge < -0.3 is 9.47 Å². The maximum Gasteiger partial charge on any atom is 0.338 e. The number of rotatable bonds is 14. The lowest BCUT2D eigenvalue weighted by Gasteiger charge is -2.19. The number of hydrogen-bond donors (Lipinski definition) is 0. The van der Waals surface area contributed by atoms with Crippen molar-refractivity contribution in [2.75, 3.05) is 6.61 Å². The summed E-state index contributed by atoms with van der Waals surface area (Å²) in [6, 6.07) is 6.51. The highest BCUT2D eigenvalue weighted by molar-refractivity contribution is 5.93. The van der Waals surface area contributed by atoms with Crippen molar-refractivity contribution in [3.63, 3.8) is 0 Å². The molecule has 4 heteroatoms. The minimum atomic E-state index is -0.348. The van der Waals surface area contributed by atoms with E-state index in [-0.39, 0.29) is 24.0 Å². The molecular formula is C24H38O4. The van der Waals surface area contributed by atoms with Crippen LogP contribution in [0.5, 0.6) is 0 Å². The average molecular weight is 391 g/mol. The van der Waals surface area contributed by atoms with Gasteiger partial charge in [-0.2, -0.15) is 0 Å². The van der Waals surface area contributed by atoms with E-state index in [1.807, 2.05) is 20.8 Å². The van der Waals surface area contributed by atoms with Crippen LogP contribution in [0.25, 0.3) is 0 Å². The molecule has 0 N–H and O–H groups in total. The third-order valence-electron chi connectivity index (χ3n) is 4.99. The lowest BCUT2D eigenvalue weighted by molar-refractivity contribution is 0.0173. The van der Waals surface area contributed by atoms with Gasteiger partial charge in [0.25, 0.3) is 0 Å². The molecule has 0 aliphatic rings. The summed E-state index contributed by atoms with van der Waals surface area (Å²) in [6.07, 6.45) is 10.4. The molecular weight excluding hydrogens is 352 g/mol. The molecule has 1 aromatic rings.